The molecule has 7 heteroatoms. The molecule has 0 atom stereocenters. The number of likely N-dealkylation sites (tertiary alicyclic amines) is 1. The van der Waals surface area contributed by atoms with Gasteiger partial charge in [-0.3, -0.25) is 4.99 Å². The van der Waals surface area contributed by atoms with Gasteiger partial charge in [0, 0.05) is 44.0 Å². The summed E-state index contributed by atoms with van der Waals surface area (Å²) in [6.07, 6.45) is 7.85. The highest BCUT2D eigenvalue weighted by Gasteiger charge is 2.23. The second-order valence-electron chi connectivity index (χ2n) is 7.63. The zero-order valence-electron chi connectivity index (χ0n) is 16.7. The first-order chi connectivity index (χ1) is 12.5. The van der Waals surface area contributed by atoms with Crippen molar-refractivity contribution in [3.8, 4) is 0 Å². The van der Waals surface area contributed by atoms with Crippen molar-refractivity contribution in [2.24, 2.45) is 4.99 Å². The Hall–Kier alpha value is -1.11. The van der Waals surface area contributed by atoms with Crippen LogP contribution in [0.25, 0.3) is 0 Å². The molecule has 0 bridgehead atoms. The number of carbonyl (C=O) groups excluding carboxylic acids is 1. The normalized spacial score (nSPS) is 18.0. The van der Waals surface area contributed by atoms with Crippen molar-refractivity contribution in [3.05, 3.63) is 33.9 Å². The molecule has 1 N–H and O–H groups in total. The van der Waals surface area contributed by atoms with Gasteiger partial charge in [0.25, 0.3) is 0 Å². The van der Waals surface area contributed by atoms with E-state index in [0.29, 0.717) is 5.03 Å². The Bertz CT molecular complexity index is 597. The summed E-state index contributed by atoms with van der Waals surface area (Å²) in [6, 6.07) is 0.169. The molecule has 27 heavy (non-hydrogen) atoms. The van der Waals surface area contributed by atoms with Crippen molar-refractivity contribution in [3.63, 3.8) is 0 Å². The monoisotopic (exact) mass is 459 g/mol. The zero-order chi connectivity index (χ0) is 20.4. The predicted molar refractivity (Wildman–Crippen MR) is 118 cm³/mol. The van der Waals surface area contributed by atoms with E-state index in [4.69, 9.17) is 16.3 Å². The maximum Gasteiger partial charge on any atom is 0.407 e. The molecule has 0 saturated carbocycles. The van der Waals surface area contributed by atoms with Crippen molar-refractivity contribution in [1.29, 1.82) is 0 Å². The Labute approximate surface area is 176 Å². The number of ether oxygens (including phenoxy) is 1. The number of hydrogen-bond acceptors (Lipinski definition) is 4. The van der Waals surface area contributed by atoms with Gasteiger partial charge in [-0.2, -0.15) is 0 Å². The molecule has 1 fully saturated rings. The number of alkyl carbamates (subject to hydrolysis) is 1. The van der Waals surface area contributed by atoms with Crippen molar-refractivity contribution in [2.75, 3.05) is 19.6 Å². The Morgan fingerprint density at radius 3 is 2.52 bits per heavy atom. The summed E-state index contributed by atoms with van der Waals surface area (Å²) in [5.41, 5.74) is 0.481. The van der Waals surface area contributed by atoms with Crippen LogP contribution >= 0.6 is 27.5 Å². The summed E-state index contributed by atoms with van der Waals surface area (Å²) in [5.74, 6) is 0. The molecule has 5 nitrogen and oxygen atoms in total. The van der Waals surface area contributed by atoms with E-state index in [1.807, 2.05) is 39.8 Å². The second-order valence-corrected chi connectivity index (χ2v) is 9.36. The minimum Gasteiger partial charge on any atom is -0.444 e. The van der Waals surface area contributed by atoms with E-state index in [2.05, 4.69) is 37.7 Å². The third-order valence-electron chi connectivity index (χ3n) is 3.87. The SMILES string of the molecule is C=C(Cl)C=N/C(=C/C=C(\C)Br)CCN1CCC(NC(=O)OC(C)(C)C)CC1. The van der Waals surface area contributed by atoms with Crippen LogP contribution in [0.3, 0.4) is 0 Å². The van der Waals surface area contributed by atoms with Gasteiger partial charge in [0.05, 0.1) is 5.03 Å². The molecule has 0 aromatic carbocycles. The number of halogens is 2. The Kier molecular flexibility index (Phi) is 10.3. The molecule has 0 aromatic rings. The standard InChI is InChI=1S/C20H31BrClN3O2/c1-15(21)6-7-17(23-14-16(2)22)8-11-25-12-9-18(10-13-25)24-19(26)27-20(3,4)5/h6-7,14,18H,2,8-13H2,1,3-5H3,(H,24,26)/b15-6+,17-7+,23-14?. The molecule has 1 heterocycles. The second kappa shape index (κ2) is 11.7. The topological polar surface area (TPSA) is 53.9 Å². The first-order valence-corrected chi connectivity index (χ1v) is 10.4. The van der Waals surface area contributed by atoms with Crippen LogP contribution in [-0.4, -0.2) is 48.5 Å². The van der Waals surface area contributed by atoms with Crippen LogP contribution in [0, 0.1) is 0 Å². The first-order valence-electron chi connectivity index (χ1n) is 9.18. The number of piperidine rings is 1. The van der Waals surface area contributed by atoms with Gasteiger partial charge in [-0.25, -0.2) is 4.79 Å². The molecule has 0 unspecified atom stereocenters. The van der Waals surface area contributed by atoms with Crippen molar-refractivity contribution < 1.29 is 9.53 Å². The number of allylic oxidation sites excluding steroid dienone is 4. The summed E-state index contributed by atoms with van der Waals surface area (Å²) in [6.45, 7) is 14.0. The fourth-order valence-corrected chi connectivity index (χ4v) is 2.78. The largest absolute Gasteiger partial charge is 0.444 e. The van der Waals surface area contributed by atoms with Crippen LogP contribution in [-0.2, 0) is 4.74 Å². The minimum atomic E-state index is -0.468. The van der Waals surface area contributed by atoms with E-state index >= 15 is 0 Å². The van der Waals surface area contributed by atoms with Gasteiger partial charge in [0.15, 0.2) is 0 Å². The summed E-state index contributed by atoms with van der Waals surface area (Å²) < 4.78 is 6.36. The maximum absolute atomic E-state index is 11.9. The molecule has 1 rings (SSSR count). The predicted octanol–water partition coefficient (Wildman–Crippen LogP) is 5.37. The maximum atomic E-state index is 11.9. The number of carbonyl (C=O) groups is 1. The summed E-state index contributed by atoms with van der Waals surface area (Å²) in [5, 5.41) is 3.38. The molecule has 1 saturated heterocycles. The smallest absolute Gasteiger partial charge is 0.407 e. The first kappa shape index (κ1) is 23.9. The van der Waals surface area contributed by atoms with Crippen LogP contribution in [0.2, 0.25) is 0 Å². The third-order valence-corrected chi connectivity index (χ3v) is 4.23. The molecule has 0 radical (unpaired) electrons. The number of hydrogen-bond donors (Lipinski definition) is 1. The summed E-state index contributed by atoms with van der Waals surface area (Å²) >= 11 is 9.20. The van der Waals surface area contributed by atoms with Crippen molar-refractivity contribution >= 4 is 39.8 Å². The number of nitrogens with zero attached hydrogens (tertiary/aromatic N) is 2. The lowest BCUT2D eigenvalue weighted by molar-refractivity contribution is 0.0479. The molecule has 1 amide bonds. The molecular weight excluding hydrogens is 430 g/mol. The van der Waals surface area contributed by atoms with Crippen LogP contribution in [0.15, 0.2) is 38.9 Å². The molecule has 152 valence electrons. The Balaban J connectivity index is 2.46. The highest BCUT2D eigenvalue weighted by Crippen LogP contribution is 2.15. The zero-order valence-corrected chi connectivity index (χ0v) is 19.1. The Morgan fingerprint density at radius 1 is 1.37 bits per heavy atom. The number of rotatable bonds is 7. The molecule has 0 spiro atoms. The van der Waals surface area contributed by atoms with E-state index in [9.17, 15) is 4.79 Å². The average molecular weight is 461 g/mol. The van der Waals surface area contributed by atoms with E-state index in [0.717, 1.165) is 49.1 Å². The van der Waals surface area contributed by atoms with Gasteiger partial charge in [-0.1, -0.05) is 40.2 Å². The Morgan fingerprint density at radius 2 is 2.00 bits per heavy atom. The lowest BCUT2D eigenvalue weighted by atomic mass is 10.0. The molecule has 0 aliphatic carbocycles. The highest BCUT2D eigenvalue weighted by molar-refractivity contribution is 9.11. The minimum absolute atomic E-state index is 0.169. The van der Waals surface area contributed by atoms with Crippen molar-refractivity contribution in [1.82, 2.24) is 10.2 Å². The van der Waals surface area contributed by atoms with Crippen LogP contribution < -0.4 is 5.32 Å². The summed E-state index contributed by atoms with van der Waals surface area (Å²) in [7, 11) is 0. The average Bonchev–Trinajstić information content (AvgIpc) is 2.53. The quantitative estimate of drug-likeness (QED) is 0.410. The molecule has 1 aliphatic heterocycles. The number of nitrogens with one attached hydrogen (secondary N) is 1. The van der Waals surface area contributed by atoms with Gasteiger partial charge in [0.2, 0.25) is 0 Å². The third kappa shape index (κ3) is 12.1. The van der Waals surface area contributed by atoms with E-state index in [-0.39, 0.29) is 12.1 Å². The van der Waals surface area contributed by atoms with E-state index < -0.39 is 5.60 Å². The fraction of sp³-hybridized carbons (Fsp3) is 0.600. The highest BCUT2D eigenvalue weighted by atomic mass is 79.9. The number of amides is 1. The summed E-state index contributed by atoms with van der Waals surface area (Å²) in [4.78, 5) is 18.7. The molecular formula is C20H31BrClN3O2. The van der Waals surface area contributed by atoms with E-state index in [1.165, 1.54) is 0 Å². The number of aliphatic imine (C=N–C) groups is 1. The van der Waals surface area contributed by atoms with Crippen molar-refractivity contribution in [2.45, 2.75) is 58.6 Å². The van der Waals surface area contributed by atoms with Gasteiger partial charge in [0.1, 0.15) is 5.60 Å². The van der Waals surface area contributed by atoms with Crippen LogP contribution in [0.5, 0.6) is 0 Å². The van der Waals surface area contributed by atoms with Gasteiger partial charge in [-0.15, -0.1) is 0 Å². The van der Waals surface area contributed by atoms with Gasteiger partial charge >= 0.3 is 6.09 Å². The fourth-order valence-electron chi connectivity index (χ4n) is 2.60. The van der Waals surface area contributed by atoms with Gasteiger partial charge in [-0.05, 0) is 51.1 Å². The molecule has 1 aliphatic rings. The van der Waals surface area contributed by atoms with Crippen LogP contribution in [0.1, 0.15) is 47.0 Å². The van der Waals surface area contributed by atoms with Crippen LogP contribution in [0.4, 0.5) is 4.79 Å². The molecule has 0 aromatic heterocycles. The lowest BCUT2D eigenvalue weighted by Crippen LogP contribution is -2.46. The van der Waals surface area contributed by atoms with Gasteiger partial charge < -0.3 is 15.0 Å². The lowest BCUT2D eigenvalue weighted by Gasteiger charge is -2.32. The van der Waals surface area contributed by atoms with E-state index in [1.54, 1.807) is 6.21 Å².